The summed E-state index contributed by atoms with van der Waals surface area (Å²) in [5, 5.41) is 12.7. The van der Waals surface area contributed by atoms with Crippen LogP contribution in [0.1, 0.15) is 336 Å². The lowest BCUT2D eigenvalue weighted by Gasteiger charge is -2.30. The van der Waals surface area contributed by atoms with Crippen molar-refractivity contribution in [1.29, 1.82) is 0 Å². The highest BCUT2D eigenvalue weighted by atomic mass is 32.1. The van der Waals surface area contributed by atoms with E-state index in [4.69, 9.17) is 34.2 Å². The number of hydrogen-bond donors (Lipinski definition) is 3. The number of nitrogens with zero attached hydrogens (tertiary/aromatic N) is 8. The summed E-state index contributed by atoms with van der Waals surface area (Å²) in [6.07, 6.45) is 10.1. The Bertz CT molecular complexity index is 5260. The Morgan fingerprint density at radius 3 is 1.54 bits per heavy atom. The van der Waals surface area contributed by atoms with Gasteiger partial charge in [0.1, 0.15) is 16.3 Å². The molecule has 1 saturated heterocycles. The average molecular weight is 2020 g/mol. The number of anilines is 2. The first-order chi connectivity index (χ1) is 65.2. The van der Waals surface area contributed by atoms with Crippen LogP contribution >= 0.6 is 22.7 Å². The highest BCUT2D eigenvalue weighted by molar-refractivity contribution is 7.12. The van der Waals surface area contributed by atoms with E-state index < -0.39 is 29.5 Å². The summed E-state index contributed by atoms with van der Waals surface area (Å²) in [5.74, 6) is 4.67. The van der Waals surface area contributed by atoms with Crippen LogP contribution in [0.15, 0.2) is 128 Å². The Kier molecular flexibility index (Phi) is 47.3. The smallest absolute Gasteiger partial charge is 0.493 e. The van der Waals surface area contributed by atoms with Gasteiger partial charge in [0.2, 0.25) is 5.95 Å². The molecule has 3 aliphatic rings. The van der Waals surface area contributed by atoms with Gasteiger partial charge >= 0.3 is 18.6 Å². The molecule has 29 heteroatoms. The number of thiazole rings is 2. The molecule has 1 aliphatic heterocycles. The maximum atomic E-state index is 12.5. The molecule has 1 atom stereocenters. The molecule has 9 aromatic rings. The second-order valence-corrected chi connectivity index (χ2v) is 49.2. The Hall–Kier alpha value is -9.71. The van der Waals surface area contributed by atoms with Crippen LogP contribution in [0.3, 0.4) is 0 Å². The Morgan fingerprint density at radius 2 is 1.08 bits per heavy atom. The normalized spacial score (nSPS) is 14.2. The van der Waals surface area contributed by atoms with Crippen molar-refractivity contribution in [2.75, 3.05) is 53.5 Å². The molecule has 5 aromatic heterocycles. The molecule has 0 radical (unpaired) electrons. The second-order valence-electron chi connectivity index (χ2n) is 47.0. The first kappa shape index (κ1) is 125. The van der Waals surface area contributed by atoms with Crippen molar-refractivity contribution < 1.29 is 73.9 Å². The van der Waals surface area contributed by atoms with E-state index in [0.29, 0.717) is 59.3 Å². The molecule has 21 nitrogen and oxygen atoms in total. The van der Waals surface area contributed by atoms with E-state index in [-0.39, 0.29) is 62.2 Å². The first-order valence-corrected chi connectivity index (χ1v) is 50.9. The van der Waals surface area contributed by atoms with Crippen molar-refractivity contribution >= 4 is 52.2 Å². The number of aromatic nitrogens is 7. The number of ether oxygens (including phenoxy) is 7. The predicted octanol–water partition coefficient (Wildman–Crippen LogP) is 29.5. The number of rotatable bonds is 22. The van der Waals surface area contributed by atoms with E-state index in [1.165, 1.54) is 80.4 Å². The van der Waals surface area contributed by atoms with Crippen LogP contribution in [0.2, 0.25) is 0 Å². The summed E-state index contributed by atoms with van der Waals surface area (Å²) < 4.78 is 110. The summed E-state index contributed by atoms with van der Waals surface area (Å²) in [7, 11) is 6.60. The third-order valence-electron chi connectivity index (χ3n) is 23.0. The molecule has 2 saturated carbocycles. The van der Waals surface area contributed by atoms with Gasteiger partial charge in [-0.15, -0.1) is 35.8 Å². The van der Waals surface area contributed by atoms with Crippen LogP contribution in [0.25, 0.3) is 5.82 Å². The van der Waals surface area contributed by atoms with Gasteiger partial charge in [-0.25, -0.2) is 34.4 Å². The zero-order chi connectivity index (χ0) is 108. The summed E-state index contributed by atoms with van der Waals surface area (Å²) >= 11 is 3.64. The molecule has 3 fully saturated rings. The zero-order valence-corrected chi connectivity index (χ0v) is 94.1. The number of primary amides is 1. The third-order valence-corrected chi connectivity index (χ3v) is 26.2. The number of halogens is 6. The number of urea groups is 1. The number of amides is 4. The van der Waals surface area contributed by atoms with Gasteiger partial charge in [0.25, 0.3) is 11.8 Å². The van der Waals surface area contributed by atoms with E-state index in [9.17, 15) is 40.7 Å². The van der Waals surface area contributed by atoms with Gasteiger partial charge in [0.15, 0.2) is 35.4 Å². The maximum absolute atomic E-state index is 12.5. The number of carbonyl (C=O) groups excluding carboxylic acids is 3. The number of methoxy groups -OCH3 is 4. The number of hydrogen-bond acceptors (Lipinski definition) is 19. The minimum absolute atomic E-state index is 0.0106. The fourth-order valence-corrected chi connectivity index (χ4v) is 17.0. The highest BCUT2D eigenvalue weighted by Gasteiger charge is 2.51. The SMILES string of the molecule is CC(C)(C)CCN1C(=O)NC2(CCCCC2)C1=O.CC(C)(C)Cc1ccc(OC(F)(F)F)cc1.CC(C)(C)c1cccc(Nc2ncccn2)c1.CC(OCC1CC1)C(C)(C)C.COCc1nc(C)c(C(C)(C)C)s1.COc1cc(C(C)(C)C)ccc1OCC(N)=O.COc1ccc(CCC(C)(C)C)cc1OC.Cc1c(C(C)(C)C)cnn1-c1ccc(C(F)(F)F)cn1.Cc1nc(CC(C)C)sc1C(C)(C)C. The number of aryl methyl sites for hydroxylation is 3. The number of benzene rings is 4. The lowest BCUT2D eigenvalue weighted by atomic mass is 9.81. The van der Waals surface area contributed by atoms with Gasteiger partial charge in [-0.3, -0.25) is 14.5 Å². The molecule has 792 valence electrons. The van der Waals surface area contributed by atoms with E-state index in [1.807, 2.05) is 48.6 Å². The molecule has 4 aromatic carbocycles. The van der Waals surface area contributed by atoms with Crippen LogP contribution in [0.4, 0.5) is 42.8 Å². The lowest BCUT2D eigenvalue weighted by molar-refractivity contribution is -0.274. The molecule has 4 amide bonds. The molecular weight excluding hydrogens is 1850 g/mol. The molecule has 142 heavy (non-hydrogen) atoms. The zero-order valence-electron chi connectivity index (χ0n) is 92.5. The van der Waals surface area contributed by atoms with Crippen molar-refractivity contribution in [2.45, 2.75) is 363 Å². The van der Waals surface area contributed by atoms with E-state index in [2.05, 4.69) is 291 Å². The summed E-state index contributed by atoms with van der Waals surface area (Å²) in [5.41, 5.74) is 15.2. The lowest BCUT2D eigenvalue weighted by Crippen LogP contribution is -2.48. The monoisotopic (exact) mass is 2020 g/mol. The van der Waals surface area contributed by atoms with E-state index in [0.717, 1.165) is 126 Å². The Labute approximate surface area is 854 Å². The molecule has 6 heterocycles. The van der Waals surface area contributed by atoms with Gasteiger partial charge < -0.3 is 49.5 Å². The van der Waals surface area contributed by atoms with Crippen LogP contribution in [-0.2, 0) is 78.2 Å². The van der Waals surface area contributed by atoms with Crippen molar-refractivity contribution in [2.24, 2.45) is 39.2 Å². The van der Waals surface area contributed by atoms with Crippen LogP contribution in [0, 0.1) is 54.3 Å². The van der Waals surface area contributed by atoms with Crippen molar-refractivity contribution in [3.8, 4) is 34.6 Å². The fourth-order valence-electron chi connectivity index (χ4n) is 14.5. The average Bonchev–Trinajstić information content (AvgIpc) is 1.62. The number of pyridine rings is 1. The predicted molar refractivity (Wildman–Crippen MR) is 568 cm³/mol. The van der Waals surface area contributed by atoms with Gasteiger partial charge in [0.05, 0.1) is 62.2 Å². The van der Waals surface area contributed by atoms with Crippen LogP contribution in [0.5, 0.6) is 28.7 Å². The topological polar surface area (TPSA) is 251 Å². The van der Waals surface area contributed by atoms with Gasteiger partial charge in [-0.1, -0.05) is 256 Å². The first-order valence-electron chi connectivity index (χ1n) is 49.3. The van der Waals surface area contributed by atoms with Crippen LogP contribution in [-0.4, -0.2) is 124 Å². The van der Waals surface area contributed by atoms with Gasteiger partial charge in [-0.2, -0.15) is 18.3 Å². The summed E-state index contributed by atoms with van der Waals surface area (Å²) in [6, 6.07) is 30.1. The Balaban J connectivity index is 0.000000334. The second kappa shape index (κ2) is 53.9. The number of imide groups is 1. The van der Waals surface area contributed by atoms with Crippen molar-refractivity contribution in [3.05, 3.63) is 198 Å². The number of alkyl halides is 6. The molecule has 1 unspecified atom stereocenters. The number of carbonyl (C=O) groups is 3. The summed E-state index contributed by atoms with van der Waals surface area (Å²) in [4.78, 5) is 60.5. The van der Waals surface area contributed by atoms with Crippen LogP contribution < -0.4 is 40.1 Å². The molecule has 0 bridgehead atoms. The molecule has 12 rings (SSSR count). The number of nitrogens with one attached hydrogen (secondary N) is 2. The molecule has 4 N–H and O–H groups in total. The summed E-state index contributed by atoms with van der Waals surface area (Å²) in [6.45, 7) is 73.3. The maximum Gasteiger partial charge on any atom is 0.573 e. The molecule has 1 spiro atoms. The van der Waals surface area contributed by atoms with Gasteiger partial charge in [-0.05, 0) is 234 Å². The minimum atomic E-state index is -4.62. The van der Waals surface area contributed by atoms with Gasteiger partial charge in [0, 0.05) is 66.4 Å². The minimum Gasteiger partial charge on any atom is -0.493 e. The third kappa shape index (κ3) is 45.7. The Morgan fingerprint density at radius 1 is 0.563 bits per heavy atom. The highest BCUT2D eigenvalue weighted by Crippen LogP contribution is 2.41. The fraction of sp³-hybridized carbons (Fsp3) is 0.602. The largest absolute Gasteiger partial charge is 0.573 e. The standard InChI is InChI=1S/C14H16F3N3.C14H17N3.C14H24N2O2.C14H22O2.C13H19NO3.C12H15F3O.C12H21NS.C10H17NOS.C10H20O/c1-9-11(13(2,3)4)8-19-20(9)12-6-5-10(7-18-12)14(15,16)17;1-14(2,3)11-6-4-7-12(10-11)17-13-15-8-5-9-16-13;1-13(2,3)9-10-16-11(17)14(15-12(16)18)7-5-4-6-8-14;1-14(2,3)9-8-11-6-7-12(15-4)13(10-11)16-5;1-13(2,3)9-5-6-10(11(7-9)16-4)17-8-12(14)15;1-11(2,3)8-9-4-6-10(7-5-9)16-12(13,14)15;1-8(2)7-10-13-9(3)11(14-10)12(4,5)6;1-7-9(10(2,3)4)13-8(11-7)6-12-5;1-8(10(2,3)4)11-7-9-5-6-9/h5-8H,1-4H3;4-10H,1-3H3,(H,15,16,17);4-10H2,1-3H3,(H,15,18);6-7,10H,8-9H2,1-5H3;5-7H,8H2,1-4H3,(H2,14,15);4-7H,8H2,1-3H3;8H,7H2,1-6H3;6H2,1-5H3;8-9H,5-7H2,1-4H3. The molecule has 2 aliphatic carbocycles. The molecular formula is C113H171F6N11O10S2. The van der Waals surface area contributed by atoms with Crippen molar-refractivity contribution in [1.82, 2.24) is 44.9 Å². The quantitative estimate of drug-likeness (QED) is 0.0421. The van der Waals surface area contributed by atoms with E-state index >= 15 is 0 Å². The number of nitrogens with two attached hydrogens (primary N) is 1. The van der Waals surface area contributed by atoms with Crippen molar-refractivity contribution in [3.63, 3.8) is 0 Å². The van der Waals surface area contributed by atoms with E-state index in [1.54, 1.807) is 87.3 Å².